The van der Waals surface area contributed by atoms with Crippen LogP contribution in [0, 0.1) is 0 Å². The lowest BCUT2D eigenvalue weighted by molar-refractivity contribution is 0.221. The van der Waals surface area contributed by atoms with Gasteiger partial charge in [-0.3, -0.25) is 0 Å². The molecule has 0 aliphatic carbocycles. The summed E-state index contributed by atoms with van der Waals surface area (Å²) >= 11 is 0. The monoisotopic (exact) mass is 303 g/mol. The molecule has 2 atom stereocenters. The molecule has 5 nitrogen and oxygen atoms in total. The predicted molar refractivity (Wildman–Crippen MR) is 81.8 cm³/mol. The molecule has 20 heavy (non-hydrogen) atoms. The van der Waals surface area contributed by atoms with Gasteiger partial charge in [-0.1, -0.05) is 13.3 Å². The van der Waals surface area contributed by atoms with Gasteiger partial charge in [0, 0.05) is 31.7 Å². The van der Waals surface area contributed by atoms with E-state index in [1.54, 1.807) is 8.61 Å². The molecule has 2 unspecified atom stereocenters. The SMILES string of the molecule is CCCNC1CCCN(S(=O)(=O)N2CCCCC2C)C1. The summed E-state index contributed by atoms with van der Waals surface area (Å²) in [5.74, 6) is 0. The molecule has 0 aromatic carbocycles. The smallest absolute Gasteiger partial charge is 0.282 e. The van der Waals surface area contributed by atoms with Crippen LogP contribution >= 0.6 is 0 Å². The summed E-state index contributed by atoms with van der Waals surface area (Å²) in [4.78, 5) is 0. The molecule has 2 heterocycles. The number of piperidine rings is 2. The van der Waals surface area contributed by atoms with Crippen LogP contribution in [0.3, 0.4) is 0 Å². The van der Waals surface area contributed by atoms with Crippen molar-refractivity contribution in [1.82, 2.24) is 13.9 Å². The molecule has 0 aromatic heterocycles. The van der Waals surface area contributed by atoms with E-state index >= 15 is 0 Å². The second-order valence-electron chi connectivity index (χ2n) is 6.11. The zero-order valence-corrected chi connectivity index (χ0v) is 13.7. The van der Waals surface area contributed by atoms with E-state index < -0.39 is 10.2 Å². The van der Waals surface area contributed by atoms with E-state index in [1.807, 2.05) is 6.92 Å². The van der Waals surface area contributed by atoms with E-state index in [1.165, 1.54) is 0 Å². The summed E-state index contributed by atoms with van der Waals surface area (Å²) in [6.45, 7) is 7.14. The normalized spacial score (nSPS) is 30.5. The molecule has 118 valence electrons. The Labute approximate surface area is 123 Å². The van der Waals surface area contributed by atoms with Crippen molar-refractivity contribution in [3.63, 3.8) is 0 Å². The lowest BCUT2D eigenvalue weighted by Gasteiger charge is -2.39. The van der Waals surface area contributed by atoms with Crippen LogP contribution < -0.4 is 5.32 Å². The second kappa shape index (κ2) is 7.20. The van der Waals surface area contributed by atoms with Crippen molar-refractivity contribution < 1.29 is 8.42 Å². The predicted octanol–water partition coefficient (Wildman–Crippen LogP) is 1.57. The van der Waals surface area contributed by atoms with E-state index in [-0.39, 0.29) is 6.04 Å². The van der Waals surface area contributed by atoms with Crippen molar-refractivity contribution in [3.8, 4) is 0 Å². The largest absolute Gasteiger partial charge is 0.313 e. The topological polar surface area (TPSA) is 52.7 Å². The van der Waals surface area contributed by atoms with Crippen molar-refractivity contribution in [3.05, 3.63) is 0 Å². The first-order valence-corrected chi connectivity index (χ1v) is 9.45. The maximum absolute atomic E-state index is 12.8. The molecule has 0 spiro atoms. The minimum absolute atomic E-state index is 0.151. The zero-order chi connectivity index (χ0) is 14.6. The highest BCUT2D eigenvalue weighted by molar-refractivity contribution is 7.86. The van der Waals surface area contributed by atoms with Crippen molar-refractivity contribution in [2.75, 3.05) is 26.2 Å². The highest BCUT2D eigenvalue weighted by Gasteiger charge is 2.36. The van der Waals surface area contributed by atoms with Crippen molar-refractivity contribution in [2.24, 2.45) is 0 Å². The Morgan fingerprint density at radius 1 is 1.15 bits per heavy atom. The minimum atomic E-state index is -3.27. The Hall–Kier alpha value is -0.170. The Kier molecular flexibility index (Phi) is 5.84. The molecule has 2 rings (SSSR count). The average molecular weight is 303 g/mol. The maximum Gasteiger partial charge on any atom is 0.282 e. The summed E-state index contributed by atoms with van der Waals surface area (Å²) in [6.07, 6.45) is 6.27. The molecule has 0 saturated carbocycles. The van der Waals surface area contributed by atoms with E-state index in [9.17, 15) is 8.42 Å². The lowest BCUT2D eigenvalue weighted by Crippen LogP contribution is -2.55. The quantitative estimate of drug-likeness (QED) is 0.839. The lowest BCUT2D eigenvalue weighted by atomic mass is 10.1. The molecular weight excluding hydrogens is 274 g/mol. The van der Waals surface area contributed by atoms with Crippen LogP contribution in [0.2, 0.25) is 0 Å². The number of rotatable bonds is 5. The summed E-state index contributed by atoms with van der Waals surface area (Å²) in [6, 6.07) is 0.469. The Morgan fingerprint density at radius 2 is 1.95 bits per heavy atom. The molecule has 0 aromatic rings. The highest BCUT2D eigenvalue weighted by atomic mass is 32.2. The average Bonchev–Trinajstić information content (AvgIpc) is 2.45. The molecule has 2 aliphatic rings. The number of hydrogen-bond donors (Lipinski definition) is 1. The highest BCUT2D eigenvalue weighted by Crippen LogP contribution is 2.24. The van der Waals surface area contributed by atoms with Gasteiger partial charge in [0.05, 0.1) is 0 Å². The fourth-order valence-electron chi connectivity index (χ4n) is 3.23. The molecule has 0 amide bonds. The second-order valence-corrected chi connectivity index (χ2v) is 8.00. The van der Waals surface area contributed by atoms with Gasteiger partial charge in [-0.15, -0.1) is 0 Å². The zero-order valence-electron chi connectivity index (χ0n) is 12.8. The third-order valence-electron chi connectivity index (χ3n) is 4.43. The number of nitrogens with zero attached hydrogens (tertiary/aromatic N) is 2. The number of hydrogen-bond acceptors (Lipinski definition) is 3. The van der Waals surface area contributed by atoms with Crippen LogP contribution in [-0.2, 0) is 10.2 Å². The van der Waals surface area contributed by atoms with Gasteiger partial charge in [0.15, 0.2) is 0 Å². The van der Waals surface area contributed by atoms with Gasteiger partial charge in [-0.2, -0.15) is 17.0 Å². The molecule has 0 radical (unpaired) electrons. The maximum atomic E-state index is 12.8. The Bertz CT molecular complexity index is 399. The van der Waals surface area contributed by atoms with E-state index in [2.05, 4.69) is 12.2 Å². The van der Waals surface area contributed by atoms with Gasteiger partial charge in [0.1, 0.15) is 0 Å². The molecule has 1 N–H and O–H groups in total. The van der Waals surface area contributed by atoms with Gasteiger partial charge in [-0.05, 0) is 45.6 Å². The Balaban J connectivity index is 2.00. The van der Waals surface area contributed by atoms with Crippen LogP contribution in [-0.4, -0.2) is 55.3 Å². The molecule has 2 saturated heterocycles. The van der Waals surface area contributed by atoms with E-state index in [0.717, 1.165) is 45.1 Å². The van der Waals surface area contributed by atoms with Crippen LogP contribution in [0.1, 0.15) is 52.4 Å². The third-order valence-corrected chi connectivity index (χ3v) is 6.55. The Morgan fingerprint density at radius 3 is 2.65 bits per heavy atom. The summed E-state index contributed by atoms with van der Waals surface area (Å²) < 4.78 is 29.0. The first-order valence-electron chi connectivity index (χ1n) is 8.06. The number of nitrogens with one attached hydrogen (secondary N) is 1. The summed E-state index contributed by atoms with van der Waals surface area (Å²) in [5.41, 5.74) is 0. The van der Waals surface area contributed by atoms with Gasteiger partial charge >= 0.3 is 0 Å². The molecule has 0 bridgehead atoms. The van der Waals surface area contributed by atoms with Gasteiger partial charge in [-0.25, -0.2) is 0 Å². The van der Waals surface area contributed by atoms with Gasteiger partial charge < -0.3 is 5.32 Å². The fourth-order valence-corrected chi connectivity index (χ4v) is 5.17. The van der Waals surface area contributed by atoms with Crippen LogP contribution in [0.15, 0.2) is 0 Å². The summed E-state index contributed by atoms with van der Waals surface area (Å²) in [7, 11) is -3.27. The van der Waals surface area contributed by atoms with Crippen LogP contribution in [0.4, 0.5) is 0 Å². The van der Waals surface area contributed by atoms with Crippen molar-refractivity contribution >= 4 is 10.2 Å². The first kappa shape index (κ1) is 16.2. The van der Waals surface area contributed by atoms with Crippen molar-refractivity contribution in [1.29, 1.82) is 0 Å². The molecular formula is C14H29N3O2S. The third kappa shape index (κ3) is 3.72. The first-order chi connectivity index (χ1) is 9.55. The van der Waals surface area contributed by atoms with Gasteiger partial charge in [0.2, 0.25) is 0 Å². The minimum Gasteiger partial charge on any atom is -0.313 e. The summed E-state index contributed by atoms with van der Waals surface area (Å²) in [5, 5.41) is 3.46. The van der Waals surface area contributed by atoms with E-state index in [0.29, 0.717) is 25.7 Å². The fraction of sp³-hybridized carbons (Fsp3) is 1.00. The van der Waals surface area contributed by atoms with Crippen LogP contribution in [0.25, 0.3) is 0 Å². The van der Waals surface area contributed by atoms with E-state index in [4.69, 9.17) is 0 Å². The molecule has 2 aliphatic heterocycles. The van der Waals surface area contributed by atoms with Crippen molar-refractivity contribution in [2.45, 2.75) is 64.5 Å². The van der Waals surface area contributed by atoms with Gasteiger partial charge in [0.25, 0.3) is 10.2 Å². The molecule has 6 heteroatoms. The molecule has 2 fully saturated rings. The van der Waals surface area contributed by atoms with Crippen LogP contribution in [0.5, 0.6) is 0 Å². The standard InChI is InChI=1S/C14H29N3O2S/c1-3-9-15-14-8-6-10-16(12-14)20(18,19)17-11-5-4-7-13(17)2/h13-15H,3-12H2,1-2H3.